The Morgan fingerprint density at radius 1 is 1.08 bits per heavy atom. The molecule has 0 saturated heterocycles. The summed E-state index contributed by atoms with van der Waals surface area (Å²) in [5.41, 5.74) is 3.72. The van der Waals surface area contributed by atoms with Gasteiger partial charge in [-0.25, -0.2) is 4.98 Å². The van der Waals surface area contributed by atoms with Crippen molar-refractivity contribution in [3.8, 4) is 28.5 Å². The number of methoxy groups -OCH3 is 2. The standard InChI is InChI=1S/C20H23N3O3/c1-25-19-10-16(17-12-22-13-23-17)20(26-2)9-14(19)7-8-21-11-15-5-3-4-6-18(15)24/h3-6,9-10,12-13,21,24H,7-8,11H2,1-2H3,(H,22,23). The zero-order valence-corrected chi connectivity index (χ0v) is 15.0. The third-order valence-electron chi connectivity index (χ3n) is 4.27. The minimum atomic E-state index is 0.308. The fourth-order valence-corrected chi connectivity index (χ4v) is 2.88. The Hall–Kier alpha value is -2.99. The number of para-hydroxylation sites is 1. The number of ether oxygens (including phenoxy) is 2. The SMILES string of the molecule is COc1cc(-c2cnc[nH]2)c(OC)cc1CCNCc1ccccc1O. The Morgan fingerprint density at radius 3 is 2.58 bits per heavy atom. The lowest BCUT2D eigenvalue weighted by Gasteiger charge is -2.15. The van der Waals surface area contributed by atoms with Crippen LogP contribution in [0.3, 0.4) is 0 Å². The first kappa shape index (κ1) is 17.8. The molecule has 3 rings (SSSR count). The number of aromatic hydroxyl groups is 1. The van der Waals surface area contributed by atoms with Crippen molar-refractivity contribution >= 4 is 0 Å². The van der Waals surface area contributed by atoms with E-state index in [1.54, 1.807) is 32.8 Å². The number of aromatic amines is 1. The fraction of sp³-hybridized carbons (Fsp3) is 0.250. The maximum Gasteiger partial charge on any atom is 0.128 e. The minimum Gasteiger partial charge on any atom is -0.508 e. The van der Waals surface area contributed by atoms with Gasteiger partial charge in [0.15, 0.2) is 0 Å². The molecule has 0 fully saturated rings. The molecule has 0 bridgehead atoms. The molecule has 0 radical (unpaired) electrons. The van der Waals surface area contributed by atoms with Crippen LogP contribution in [0.15, 0.2) is 48.9 Å². The van der Waals surface area contributed by atoms with Crippen LogP contribution < -0.4 is 14.8 Å². The molecular weight excluding hydrogens is 330 g/mol. The summed E-state index contributed by atoms with van der Waals surface area (Å²) in [7, 11) is 3.32. The number of nitrogens with zero attached hydrogens (tertiary/aromatic N) is 1. The van der Waals surface area contributed by atoms with E-state index in [2.05, 4.69) is 15.3 Å². The largest absolute Gasteiger partial charge is 0.508 e. The molecule has 1 aromatic heterocycles. The van der Waals surface area contributed by atoms with E-state index in [1.165, 1.54) is 0 Å². The lowest BCUT2D eigenvalue weighted by Crippen LogP contribution is -2.17. The summed E-state index contributed by atoms with van der Waals surface area (Å²) >= 11 is 0. The molecule has 6 heteroatoms. The molecule has 26 heavy (non-hydrogen) atoms. The normalized spacial score (nSPS) is 10.7. The predicted octanol–water partition coefficient (Wildman–Crippen LogP) is 3.13. The quantitative estimate of drug-likeness (QED) is 0.542. The molecule has 0 spiro atoms. The van der Waals surface area contributed by atoms with Gasteiger partial charge in [0, 0.05) is 17.7 Å². The lowest BCUT2D eigenvalue weighted by atomic mass is 10.0. The van der Waals surface area contributed by atoms with E-state index in [9.17, 15) is 5.11 Å². The highest BCUT2D eigenvalue weighted by atomic mass is 16.5. The van der Waals surface area contributed by atoms with Crippen LogP contribution in [0, 0.1) is 0 Å². The van der Waals surface area contributed by atoms with Crippen molar-refractivity contribution in [3.05, 3.63) is 60.0 Å². The Labute approximate surface area is 152 Å². The van der Waals surface area contributed by atoms with E-state index in [4.69, 9.17) is 9.47 Å². The van der Waals surface area contributed by atoms with Crippen LogP contribution in [0.5, 0.6) is 17.2 Å². The van der Waals surface area contributed by atoms with Crippen LogP contribution in [0.1, 0.15) is 11.1 Å². The van der Waals surface area contributed by atoms with E-state index >= 15 is 0 Å². The van der Waals surface area contributed by atoms with Gasteiger partial charge in [0.2, 0.25) is 0 Å². The first-order chi connectivity index (χ1) is 12.7. The first-order valence-corrected chi connectivity index (χ1v) is 8.44. The van der Waals surface area contributed by atoms with Gasteiger partial charge < -0.3 is 24.9 Å². The monoisotopic (exact) mass is 353 g/mol. The van der Waals surface area contributed by atoms with Crippen molar-refractivity contribution in [1.82, 2.24) is 15.3 Å². The maximum atomic E-state index is 9.81. The average molecular weight is 353 g/mol. The maximum absolute atomic E-state index is 9.81. The number of imidazole rings is 1. The summed E-state index contributed by atoms with van der Waals surface area (Å²) in [5, 5.41) is 13.2. The topological polar surface area (TPSA) is 79.4 Å². The Bertz CT molecular complexity index is 848. The highest BCUT2D eigenvalue weighted by Gasteiger charge is 2.13. The second-order valence-corrected chi connectivity index (χ2v) is 5.89. The van der Waals surface area contributed by atoms with Gasteiger partial charge in [-0.2, -0.15) is 0 Å². The summed E-state index contributed by atoms with van der Waals surface area (Å²) in [6, 6.07) is 11.3. The van der Waals surface area contributed by atoms with Gasteiger partial charge in [-0.3, -0.25) is 0 Å². The molecule has 0 atom stereocenters. The second kappa shape index (κ2) is 8.40. The summed E-state index contributed by atoms with van der Waals surface area (Å²) < 4.78 is 11.1. The highest BCUT2D eigenvalue weighted by molar-refractivity contribution is 5.70. The van der Waals surface area contributed by atoms with E-state index in [0.29, 0.717) is 12.3 Å². The molecule has 0 aliphatic rings. The predicted molar refractivity (Wildman–Crippen MR) is 101 cm³/mol. The van der Waals surface area contributed by atoms with Crippen molar-refractivity contribution in [1.29, 1.82) is 0 Å². The van der Waals surface area contributed by atoms with Crippen molar-refractivity contribution in [3.63, 3.8) is 0 Å². The number of aromatic nitrogens is 2. The molecule has 0 aliphatic carbocycles. The Balaban J connectivity index is 1.70. The van der Waals surface area contributed by atoms with Crippen LogP contribution in [0.2, 0.25) is 0 Å². The smallest absolute Gasteiger partial charge is 0.128 e. The lowest BCUT2D eigenvalue weighted by molar-refractivity contribution is 0.399. The van der Waals surface area contributed by atoms with Gasteiger partial charge >= 0.3 is 0 Å². The van der Waals surface area contributed by atoms with Crippen LogP contribution in [-0.4, -0.2) is 35.8 Å². The number of rotatable bonds is 8. The third kappa shape index (κ3) is 3.97. The molecule has 136 valence electrons. The van der Waals surface area contributed by atoms with Crippen molar-refractivity contribution < 1.29 is 14.6 Å². The number of hydrogen-bond acceptors (Lipinski definition) is 5. The molecule has 2 aromatic carbocycles. The molecule has 0 aliphatic heterocycles. The number of phenolic OH excluding ortho intramolecular Hbond substituents is 1. The molecule has 1 heterocycles. The minimum absolute atomic E-state index is 0.308. The van der Waals surface area contributed by atoms with Crippen LogP contribution in [0.4, 0.5) is 0 Å². The Morgan fingerprint density at radius 2 is 1.88 bits per heavy atom. The van der Waals surface area contributed by atoms with E-state index in [-0.39, 0.29) is 0 Å². The van der Waals surface area contributed by atoms with Crippen molar-refractivity contribution in [2.75, 3.05) is 20.8 Å². The van der Waals surface area contributed by atoms with E-state index in [0.717, 1.165) is 46.8 Å². The van der Waals surface area contributed by atoms with Gasteiger partial charge in [0.05, 0.1) is 32.4 Å². The number of H-pyrrole nitrogens is 1. The summed E-state index contributed by atoms with van der Waals surface area (Å²) in [6.07, 6.45) is 4.17. The zero-order valence-electron chi connectivity index (χ0n) is 15.0. The number of nitrogens with one attached hydrogen (secondary N) is 2. The number of benzene rings is 2. The summed E-state index contributed by atoms with van der Waals surface area (Å²) in [4.78, 5) is 7.16. The van der Waals surface area contributed by atoms with Crippen LogP contribution >= 0.6 is 0 Å². The van der Waals surface area contributed by atoms with Gasteiger partial charge in [-0.05, 0) is 36.7 Å². The zero-order chi connectivity index (χ0) is 18.4. The van der Waals surface area contributed by atoms with E-state index in [1.807, 2.05) is 30.3 Å². The first-order valence-electron chi connectivity index (χ1n) is 8.44. The molecule has 3 aromatic rings. The van der Waals surface area contributed by atoms with Gasteiger partial charge in [-0.15, -0.1) is 0 Å². The number of phenols is 1. The van der Waals surface area contributed by atoms with Crippen LogP contribution in [-0.2, 0) is 13.0 Å². The van der Waals surface area contributed by atoms with Gasteiger partial charge in [0.25, 0.3) is 0 Å². The Kier molecular flexibility index (Phi) is 5.76. The van der Waals surface area contributed by atoms with Crippen LogP contribution in [0.25, 0.3) is 11.3 Å². The van der Waals surface area contributed by atoms with Gasteiger partial charge in [-0.1, -0.05) is 18.2 Å². The van der Waals surface area contributed by atoms with Crippen molar-refractivity contribution in [2.24, 2.45) is 0 Å². The fourth-order valence-electron chi connectivity index (χ4n) is 2.88. The molecule has 6 nitrogen and oxygen atoms in total. The molecule has 0 saturated carbocycles. The average Bonchev–Trinajstić information content (AvgIpc) is 3.20. The second-order valence-electron chi connectivity index (χ2n) is 5.89. The number of hydrogen-bond donors (Lipinski definition) is 3. The molecule has 3 N–H and O–H groups in total. The molecular formula is C20H23N3O3. The highest BCUT2D eigenvalue weighted by Crippen LogP contribution is 2.35. The summed E-state index contributed by atoms with van der Waals surface area (Å²) in [5.74, 6) is 1.88. The summed E-state index contributed by atoms with van der Waals surface area (Å²) in [6.45, 7) is 1.36. The molecule has 0 unspecified atom stereocenters. The third-order valence-corrected chi connectivity index (χ3v) is 4.27. The van der Waals surface area contributed by atoms with Gasteiger partial charge in [0.1, 0.15) is 17.2 Å². The van der Waals surface area contributed by atoms with Crippen molar-refractivity contribution in [2.45, 2.75) is 13.0 Å². The molecule has 0 amide bonds. The van der Waals surface area contributed by atoms with E-state index < -0.39 is 0 Å².